The lowest BCUT2D eigenvalue weighted by molar-refractivity contribution is -0.155. The van der Waals surface area contributed by atoms with Crippen molar-refractivity contribution in [3.8, 4) is 11.5 Å². The van der Waals surface area contributed by atoms with Crippen LogP contribution in [0.1, 0.15) is 63.9 Å². The highest BCUT2D eigenvalue weighted by Gasteiger charge is 2.19. The molecule has 1 aliphatic rings. The first-order chi connectivity index (χ1) is 13.5. The first kappa shape index (κ1) is 22.1. The van der Waals surface area contributed by atoms with Crippen molar-refractivity contribution in [3.05, 3.63) is 23.8 Å². The van der Waals surface area contributed by atoms with E-state index in [-0.39, 0.29) is 11.9 Å². The van der Waals surface area contributed by atoms with E-state index in [0.717, 1.165) is 24.3 Å². The maximum Gasteiger partial charge on any atom is 0.306 e. The van der Waals surface area contributed by atoms with Crippen molar-refractivity contribution in [1.82, 2.24) is 5.32 Å². The summed E-state index contributed by atoms with van der Waals surface area (Å²) in [7, 11) is 3.14. The van der Waals surface area contributed by atoms with E-state index in [1.165, 1.54) is 32.1 Å². The molecule has 2 rings (SSSR count). The number of rotatable bonds is 10. The molecule has 1 amide bonds. The molecule has 1 aliphatic carbocycles. The first-order valence-corrected chi connectivity index (χ1v) is 10.2. The topological polar surface area (TPSA) is 73.9 Å². The van der Waals surface area contributed by atoms with Crippen LogP contribution in [0.2, 0.25) is 0 Å². The van der Waals surface area contributed by atoms with E-state index >= 15 is 0 Å². The van der Waals surface area contributed by atoms with Crippen molar-refractivity contribution < 1.29 is 23.8 Å². The van der Waals surface area contributed by atoms with Gasteiger partial charge >= 0.3 is 5.97 Å². The Labute approximate surface area is 167 Å². The zero-order chi connectivity index (χ0) is 20.4. The Hall–Kier alpha value is -2.24. The zero-order valence-electron chi connectivity index (χ0n) is 17.3. The summed E-state index contributed by atoms with van der Waals surface area (Å²) in [6, 6.07) is 5.45. The van der Waals surface area contributed by atoms with Crippen LogP contribution in [0.4, 0.5) is 0 Å². The second kappa shape index (κ2) is 11.6. The van der Waals surface area contributed by atoms with Gasteiger partial charge in [0.1, 0.15) is 0 Å². The third-order valence-electron chi connectivity index (χ3n) is 5.31. The van der Waals surface area contributed by atoms with Gasteiger partial charge in [-0.25, -0.2) is 0 Å². The van der Waals surface area contributed by atoms with Gasteiger partial charge in [0.25, 0.3) is 5.91 Å². The van der Waals surface area contributed by atoms with Gasteiger partial charge < -0.3 is 19.5 Å². The lowest BCUT2D eigenvalue weighted by atomic mass is 9.86. The second-order valence-electron chi connectivity index (χ2n) is 7.44. The molecule has 0 aliphatic heterocycles. The molecule has 1 aromatic rings. The molecule has 0 saturated heterocycles. The van der Waals surface area contributed by atoms with Gasteiger partial charge in [0.05, 0.1) is 14.2 Å². The van der Waals surface area contributed by atoms with E-state index in [1.54, 1.807) is 33.3 Å². The summed E-state index contributed by atoms with van der Waals surface area (Å²) < 4.78 is 15.7. The average Bonchev–Trinajstić information content (AvgIpc) is 2.72. The summed E-state index contributed by atoms with van der Waals surface area (Å²) in [6.45, 7) is 1.92. The number of ether oxygens (including phenoxy) is 3. The van der Waals surface area contributed by atoms with Gasteiger partial charge in [0.15, 0.2) is 17.6 Å². The normalized spacial score (nSPS) is 15.5. The van der Waals surface area contributed by atoms with Crippen LogP contribution in [0.3, 0.4) is 0 Å². The number of esters is 1. The predicted octanol–water partition coefficient (Wildman–Crippen LogP) is 4.00. The quantitative estimate of drug-likeness (QED) is 0.610. The zero-order valence-corrected chi connectivity index (χ0v) is 17.3. The number of benzene rings is 1. The number of hydrogen-bond donors (Lipinski definition) is 1. The largest absolute Gasteiger partial charge is 0.493 e. The minimum atomic E-state index is -0.803. The van der Waals surface area contributed by atoms with Crippen LogP contribution in [-0.4, -0.2) is 32.2 Å². The standard InChI is InChI=1S/C22H33NO5/c1-16(28-21(24)11-7-10-17-8-5-4-6-9-17)22(25)23-15-18-12-13-19(26-2)20(14-18)27-3/h12-14,16-17H,4-11,15H2,1-3H3,(H,23,25)/t16-/m0/s1. The monoisotopic (exact) mass is 391 g/mol. The first-order valence-electron chi connectivity index (χ1n) is 10.2. The van der Waals surface area contributed by atoms with Crippen molar-refractivity contribution in [2.24, 2.45) is 5.92 Å². The molecule has 1 atom stereocenters. The molecule has 0 aromatic heterocycles. The van der Waals surface area contributed by atoms with E-state index in [0.29, 0.717) is 24.5 Å². The third-order valence-corrected chi connectivity index (χ3v) is 5.31. The van der Waals surface area contributed by atoms with Crippen molar-refractivity contribution in [2.45, 2.75) is 70.9 Å². The van der Waals surface area contributed by atoms with Crippen LogP contribution < -0.4 is 14.8 Å². The fourth-order valence-electron chi connectivity index (χ4n) is 3.64. The molecule has 1 aromatic carbocycles. The minimum Gasteiger partial charge on any atom is -0.493 e. The molecule has 1 N–H and O–H groups in total. The summed E-state index contributed by atoms with van der Waals surface area (Å²) in [5.41, 5.74) is 0.872. The summed E-state index contributed by atoms with van der Waals surface area (Å²) in [5, 5.41) is 2.79. The van der Waals surface area contributed by atoms with Gasteiger partial charge in [-0.15, -0.1) is 0 Å². The summed E-state index contributed by atoms with van der Waals surface area (Å²) >= 11 is 0. The van der Waals surface area contributed by atoms with Crippen molar-refractivity contribution in [2.75, 3.05) is 14.2 Å². The van der Waals surface area contributed by atoms with Gasteiger partial charge in [-0.05, 0) is 43.4 Å². The average molecular weight is 392 g/mol. The molecular formula is C22H33NO5. The molecular weight excluding hydrogens is 358 g/mol. The molecule has 156 valence electrons. The Balaban J connectivity index is 1.69. The molecule has 6 heteroatoms. The molecule has 0 bridgehead atoms. The van der Waals surface area contributed by atoms with Crippen LogP contribution in [0, 0.1) is 5.92 Å². The number of carbonyl (C=O) groups is 2. The van der Waals surface area contributed by atoms with Crippen LogP contribution in [0.25, 0.3) is 0 Å². The molecule has 28 heavy (non-hydrogen) atoms. The Morgan fingerprint density at radius 2 is 1.82 bits per heavy atom. The van der Waals surface area contributed by atoms with Crippen LogP contribution >= 0.6 is 0 Å². The van der Waals surface area contributed by atoms with Gasteiger partial charge in [0.2, 0.25) is 0 Å². The van der Waals surface area contributed by atoms with E-state index < -0.39 is 6.10 Å². The number of nitrogens with one attached hydrogen (secondary N) is 1. The lowest BCUT2D eigenvalue weighted by Crippen LogP contribution is -2.35. The fourth-order valence-corrected chi connectivity index (χ4v) is 3.64. The summed E-state index contributed by atoms with van der Waals surface area (Å²) in [4.78, 5) is 24.2. The highest BCUT2D eigenvalue weighted by Crippen LogP contribution is 2.28. The smallest absolute Gasteiger partial charge is 0.306 e. The van der Waals surface area contributed by atoms with Gasteiger partial charge in [0, 0.05) is 13.0 Å². The Morgan fingerprint density at radius 1 is 1.11 bits per heavy atom. The van der Waals surface area contributed by atoms with Gasteiger partial charge in [-0.3, -0.25) is 9.59 Å². The lowest BCUT2D eigenvalue weighted by Gasteiger charge is -2.21. The van der Waals surface area contributed by atoms with Crippen LogP contribution in [0.5, 0.6) is 11.5 Å². The number of amides is 1. The van der Waals surface area contributed by atoms with Crippen molar-refractivity contribution >= 4 is 11.9 Å². The van der Waals surface area contributed by atoms with Crippen molar-refractivity contribution in [3.63, 3.8) is 0 Å². The molecule has 6 nitrogen and oxygen atoms in total. The van der Waals surface area contributed by atoms with E-state index in [9.17, 15) is 9.59 Å². The second-order valence-corrected chi connectivity index (χ2v) is 7.44. The van der Waals surface area contributed by atoms with Crippen LogP contribution in [-0.2, 0) is 20.9 Å². The maximum absolute atomic E-state index is 12.2. The summed E-state index contributed by atoms with van der Waals surface area (Å²) in [5.74, 6) is 1.38. The molecule has 0 unspecified atom stereocenters. The molecule has 0 heterocycles. The maximum atomic E-state index is 12.2. The third kappa shape index (κ3) is 7.06. The number of hydrogen-bond acceptors (Lipinski definition) is 5. The molecule has 1 saturated carbocycles. The SMILES string of the molecule is COc1ccc(CNC(=O)[C@H](C)OC(=O)CCCC2CCCCC2)cc1OC. The van der Waals surface area contributed by atoms with E-state index in [1.807, 2.05) is 6.07 Å². The van der Waals surface area contributed by atoms with Crippen LogP contribution in [0.15, 0.2) is 18.2 Å². The Kier molecular flexibility index (Phi) is 9.11. The number of methoxy groups -OCH3 is 2. The van der Waals surface area contributed by atoms with Gasteiger partial charge in [-0.1, -0.05) is 38.2 Å². The van der Waals surface area contributed by atoms with E-state index in [4.69, 9.17) is 14.2 Å². The number of carbonyl (C=O) groups excluding carboxylic acids is 2. The van der Waals surface area contributed by atoms with E-state index in [2.05, 4.69) is 5.32 Å². The fraction of sp³-hybridized carbons (Fsp3) is 0.636. The molecule has 0 radical (unpaired) electrons. The minimum absolute atomic E-state index is 0.301. The Morgan fingerprint density at radius 3 is 2.50 bits per heavy atom. The van der Waals surface area contributed by atoms with Gasteiger partial charge in [-0.2, -0.15) is 0 Å². The van der Waals surface area contributed by atoms with Crippen molar-refractivity contribution in [1.29, 1.82) is 0 Å². The predicted molar refractivity (Wildman–Crippen MR) is 107 cm³/mol. The highest BCUT2D eigenvalue weighted by molar-refractivity contribution is 5.83. The molecule has 1 fully saturated rings. The Bertz CT molecular complexity index is 640. The molecule has 0 spiro atoms. The summed E-state index contributed by atoms with van der Waals surface area (Å²) in [6.07, 6.45) is 8.02. The highest BCUT2D eigenvalue weighted by atomic mass is 16.5.